The Morgan fingerprint density at radius 2 is 2.03 bits per heavy atom. The van der Waals surface area contributed by atoms with Crippen LogP contribution in [0.4, 0.5) is 13.2 Å². The van der Waals surface area contributed by atoms with E-state index in [0.717, 1.165) is 12.1 Å². The highest BCUT2D eigenvalue weighted by atomic mass is 32.2. The van der Waals surface area contributed by atoms with Crippen LogP contribution in [0, 0.1) is 5.82 Å². The molecule has 1 saturated heterocycles. The largest absolute Gasteiger partial charge is 0.481 e. The van der Waals surface area contributed by atoms with Crippen LogP contribution in [0.1, 0.15) is 24.6 Å². The molecule has 0 radical (unpaired) electrons. The molecule has 1 fully saturated rings. The van der Waals surface area contributed by atoms with Crippen molar-refractivity contribution in [1.82, 2.24) is 9.29 Å². The number of aryl methyl sites for hydroxylation is 1. The van der Waals surface area contributed by atoms with Gasteiger partial charge in [-0.3, -0.25) is 0 Å². The van der Waals surface area contributed by atoms with E-state index in [-0.39, 0.29) is 60.3 Å². The van der Waals surface area contributed by atoms with Gasteiger partial charge in [0, 0.05) is 30.8 Å². The minimum absolute atomic E-state index is 0.0455. The van der Waals surface area contributed by atoms with Crippen molar-refractivity contribution in [1.29, 1.82) is 0 Å². The topological polar surface area (TPSA) is 115 Å². The predicted molar refractivity (Wildman–Crippen MR) is 131 cm³/mol. The predicted octanol–water partition coefficient (Wildman–Crippen LogP) is 3.46. The number of fused-ring (bicyclic) bond motifs is 1. The third-order valence-electron chi connectivity index (χ3n) is 6.31. The molecule has 1 N–H and O–H groups in total. The van der Waals surface area contributed by atoms with E-state index in [0.29, 0.717) is 24.5 Å². The summed E-state index contributed by atoms with van der Waals surface area (Å²) >= 11 is 0. The highest BCUT2D eigenvalue weighted by Crippen LogP contribution is 2.41. The molecule has 0 bridgehead atoms. The maximum Gasteiger partial charge on any atom is 0.387 e. The minimum atomic E-state index is -3.59. The van der Waals surface area contributed by atoms with Gasteiger partial charge in [-0.25, -0.2) is 22.6 Å². The molecule has 2 aliphatic rings. The van der Waals surface area contributed by atoms with Crippen molar-refractivity contribution in [3.63, 3.8) is 0 Å². The molecular formula is C25H27F3N2O7S. The zero-order chi connectivity index (χ0) is 27.4. The molecule has 2 aromatic rings. The van der Waals surface area contributed by atoms with Crippen molar-refractivity contribution < 1.29 is 45.7 Å². The fourth-order valence-corrected chi connectivity index (χ4v) is 6.17. The van der Waals surface area contributed by atoms with Gasteiger partial charge in [0.05, 0.1) is 23.8 Å². The lowest BCUT2D eigenvalue weighted by molar-refractivity contribution is -0.139. The molecule has 1 atom stereocenters. The number of carboxylic acids is 1. The van der Waals surface area contributed by atoms with Crippen LogP contribution in [-0.4, -0.2) is 73.6 Å². The van der Waals surface area contributed by atoms with Gasteiger partial charge in [-0.1, -0.05) is 25.2 Å². The number of sulfonamides is 1. The Labute approximate surface area is 217 Å². The van der Waals surface area contributed by atoms with E-state index in [1.165, 1.54) is 4.31 Å². The van der Waals surface area contributed by atoms with Gasteiger partial charge in [0.15, 0.2) is 6.61 Å². The lowest BCUT2D eigenvalue weighted by Crippen LogP contribution is -2.44. The number of aromatic nitrogens is 1. The number of hydrogen-bond donors (Lipinski definition) is 1. The molecule has 0 saturated carbocycles. The van der Waals surface area contributed by atoms with Crippen LogP contribution in [0.2, 0.25) is 0 Å². The van der Waals surface area contributed by atoms with E-state index in [2.05, 4.69) is 4.98 Å². The van der Waals surface area contributed by atoms with Crippen LogP contribution in [0.5, 0.6) is 11.5 Å². The molecule has 13 heteroatoms. The van der Waals surface area contributed by atoms with Crippen LogP contribution in [0.15, 0.2) is 35.9 Å². The first-order valence-corrected chi connectivity index (χ1v) is 13.5. The van der Waals surface area contributed by atoms with E-state index in [4.69, 9.17) is 19.3 Å². The molecule has 0 amide bonds. The number of rotatable bonds is 10. The number of alkyl halides is 2. The van der Waals surface area contributed by atoms with E-state index in [1.807, 2.05) is 0 Å². The Morgan fingerprint density at radius 1 is 1.29 bits per heavy atom. The second kappa shape index (κ2) is 11.7. The zero-order valence-electron chi connectivity index (χ0n) is 20.5. The number of aliphatic carboxylic acids is 1. The maximum atomic E-state index is 14.7. The summed E-state index contributed by atoms with van der Waals surface area (Å²) in [6.45, 7) is -1.10. The van der Waals surface area contributed by atoms with Crippen molar-refractivity contribution in [2.75, 3.05) is 32.9 Å². The summed E-state index contributed by atoms with van der Waals surface area (Å²) in [6.07, 6.45) is 5.39. The van der Waals surface area contributed by atoms with Crippen LogP contribution in [-0.2, 0) is 32.4 Å². The molecule has 1 aromatic heterocycles. The summed E-state index contributed by atoms with van der Waals surface area (Å²) in [5.41, 5.74) is 0.906. The molecule has 206 valence electrons. The first-order valence-electron chi connectivity index (χ1n) is 12.0. The third-order valence-corrected chi connectivity index (χ3v) is 8.51. The molecule has 2 heterocycles. The zero-order valence-corrected chi connectivity index (χ0v) is 21.3. The number of morpholine rings is 1. The van der Waals surface area contributed by atoms with Gasteiger partial charge in [0.2, 0.25) is 10.0 Å². The Morgan fingerprint density at radius 3 is 2.63 bits per heavy atom. The highest BCUT2D eigenvalue weighted by Gasteiger charge is 2.32. The average Bonchev–Trinajstić information content (AvgIpc) is 2.90. The van der Waals surface area contributed by atoms with Gasteiger partial charge in [0.25, 0.3) is 0 Å². The standard InChI is InChI=1S/C25H27F3N2O7S/c1-2-19-17(13-15-3-5-16(6-4-15)38(33,34)30-9-11-35-12-10-30)24(37-25(27)28)22-20(36-14-21(31)32)8-7-18(26)23(22)29-19/h3-5,7-8,16,25H,2,6,9-14H2,1H3,(H,31,32). The van der Waals surface area contributed by atoms with E-state index < -0.39 is 40.3 Å². The average molecular weight is 557 g/mol. The summed E-state index contributed by atoms with van der Waals surface area (Å²) in [7, 11) is -3.59. The molecule has 1 unspecified atom stereocenters. The number of hydrogen-bond acceptors (Lipinski definition) is 7. The van der Waals surface area contributed by atoms with Crippen LogP contribution in [0.25, 0.3) is 10.9 Å². The van der Waals surface area contributed by atoms with Crippen LogP contribution in [0.3, 0.4) is 0 Å². The summed E-state index contributed by atoms with van der Waals surface area (Å²) in [5.74, 6) is -2.65. The van der Waals surface area contributed by atoms with Gasteiger partial charge in [-0.05, 0) is 30.5 Å². The quantitative estimate of drug-likeness (QED) is 0.473. The van der Waals surface area contributed by atoms with Crippen molar-refractivity contribution in [3.8, 4) is 11.5 Å². The fraction of sp³-hybridized carbons (Fsp3) is 0.440. The Kier molecular flexibility index (Phi) is 8.58. The SMILES string of the molecule is CCc1nc2c(F)ccc(OCC(=O)O)c2c(OC(F)F)c1CC1=CCC(S(=O)(=O)N2CCOCC2)C=C1. The normalized spacial score (nSPS) is 18.6. The monoisotopic (exact) mass is 556 g/mol. The van der Waals surface area contributed by atoms with Gasteiger partial charge in [-0.2, -0.15) is 13.1 Å². The molecule has 1 aliphatic carbocycles. The van der Waals surface area contributed by atoms with Crippen LogP contribution >= 0.6 is 0 Å². The van der Waals surface area contributed by atoms with Crippen molar-refractivity contribution in [2.24, 2.45) is 0 Å². The molecule has 4 rings (SSSR count). The summed E-state index contributed by atoms with van der Waals surface area (Å²) < 4.78 is 84.6. The molecule has 9 nitrogen and oxygen atoms in total. The van der Waals surface area contributed by atoms with Crippen molar-refractivity contribution in [3.05, 3.63) is 53.0 Å². The van der Waals surface area contributed by atoms with Crippen molar-refractivity contribution >= 4 is 26.9 Å². The lowest BCUT2D eigenvalue weighted by Gasteiger charge is -2.29. The second-order valence-electron chi connectivity index (χ2n) is 8.70. The van der Waals surface area contributed by atoms with Gasteiger partial charge >= 0.3 is 12.6 Å². The van der Waals surface area contributed by atoms with E-state index in [1.54, 1.807) is 25.2 Å². The van der Waals surface area contributed by atoms with Gasteiger partial charge in [-0.15, -0.1) is 0 Å². The molecule has 1 aromatic carbocycles. The fourth-order valence-electron chi connectivity index (χ4n) is 4.51. The summed E-state index contributed by atoms with van der Waals surface area (Å²) in [5, 5.41) is 8.02. The third kappa shape index (κ3) is 5.94. The Hall–Kier alpha value is -3.16. The van der Waals surface area contributed by atoms with Gasteiger partial charge in [0.1, 0.15) is 22.8 Å². The second-order valence-corrected chi connectivity index (χ2v) is 10.8. The number of halogens is 3. The molecule has 38 heavy (non-hydrogen) atoms. The minimum Gasteiger partial charge on any atom is -0.481 e. The number of carboxylic acid groups (broad SMARTS) is 1. The molecule has 0 spiro atoms. The highest BCUT2D eigenvalue weighted by molar-refractivity contribution is 7.89. The Balaban J connectivity index is 1.71. The van der Waals surface area contributed by atoms with E-state index >= 15 is 0 Å². The summed E-state index contributed by atoms with van der Waals surface area (Å²) in [4.78, 5) is 15.4. The summed E-state index contributed by atoms with van der Waals surface area (Å²) in [6, 6.07) is 2.15. The smallest absolute Gasteiger partial charge is 0.387 e. The van der Waals surface area contributed by atoms with Crippen molar-refractivity contribution in [2.45, 2.75) is 38.0 Å². The lowest BCUT2D eigenvalue weighted by atomic mass is 9.95. The molecular weight excluding hydrogens is 529 g/mol. The first kappa shape index (κ1) is 27.9. The maximum absolute atomic E-state index is 14.7. The Bertz CT molecular complexity index is 1370. The number of ether oxygens (including phenoxy) is 3. The van der Waals surface area contributed by atoms with Crippen LogP contribution < -0.4 is 9.47 Å². The molecule has 1 aliphatic heterocycles. The number of nitrogens with zero attached hydrogens (tertiary/aromatic N) is 2. The number of carbonyl (C=O) groups is 1. The number of benzene rings is 1. The first-order chi connectivity index (χ1) is 18.1. The number of pyridine rings is 1. The number of allylic oxidation sites excluding steroid dienone is 3. The van der Waals surface area contributed by atoms with Gasteiger partial charge < -0.3 is 19.3 Å². The van der Waals surface area contributed by atoms with E-state index in [9.17, 15) is 26.4 Å².